The molecule has 2 N–H and O–H groups in total. The lowest BCUT2D eigenvalue weighted by atomic mass is 9.89. The minimum Gasteiger partial charge on any atom is -0.481 e. The van der Waals surface area contributed by atoms with E-state index in [4.69, 9.17) is 9.47 Å². The fourth-order valence-corrected chi connectivity index (χ4v) is 5.04. The van der Waals surface area contributed by atoms with Crippen molar-refractivity contribution in [3.05, 3.63) is 71.7 Å². The van der Waals surface area contributed by atoms with Gasteiger partial charge in [0, 0.05) is 5.56 Å². The van der Waals surface area contributed by atoms with Crippen LogP contribution in [0.15, 0.2) is 48.8 Å². The highest BCUT2D eigenvalue weighted by Crippen LogP contribution is 2.51. The fraction of sp³-hybridized carbons (Fsp3) is 0.429. The molecule has 2 fully saturated rings. The Labute approximate surface area is 224 Å². The number of hydrogen-bond donors (Lipinski definition) is 2. The summed E-state index contributed by atoms with van der Waals surface area (Å²) in [6, 6.07) is 8.95. The average molecular weight is 540 g/mol. The Morgan fingerprint density at radius 2 is 1.82 bits per heavy atom. The average Bonchev–Trinajstić information content (AvgIpc) is 3.87. The molecule has 39 heavy (non-hydrogen) atoms. The fourth-order valence-electron chi connectivity index (χ4n) is 5.04. The predicted octanol–water partition coefficient (Wildman–Crippen LogP) is 4.84. The van der Waals surface area contributed by atoms with E-state index in [1.165, 1.54) is 24.1 Å². The van der Waals surface area contributed by atoms with Gasteiger partial charge in [0.2, 0.25) is 11.8 Å². The van der Waals surface area contributed by atoms with Crippen LogP contribution in [-0.4, -0.2) is 39.9 Å². The summed E-state index contributed by atoms with van der Waals surface area (Å²) >= 11 is 0. The molecule has 2 heterocycles. The number of alkyl carbamates (subject to hydrolysis) is 1. The lowest BCUT2D eigenvalue weighted by Crippen LogP contribution is -2.50. The first-order valence-corrected chi connectivity index (χ1v) is 13.1. The summed E-state index contributed by atoms with van der Waals surface area (Å²) in [6.45, 7) is 1.75. The van der Waals surface area contributed by atoms with Crippen LogP contribution in [0.4, 0.5) is 19.3 Å². The minimum absolute atomic E-state index is 0.0612. The van der Waals surface area contributed by atoms with Gasteiger partial charge in [-0.1, -0.05) is 30.3 Å². The van der Waals surface area contributed by atoms with Gasteiger partial charge in [-0.3, -0.25) is 9.48 Å². The second-order valence-electron chi connectivity index (χ2n) is 10.2. The highest BCUT2D eigenvalue weighted by molar-refractivity contribution is 5.96. The number of carbonyl (C=O) groups is 2. The predicted molar refractivity (Wildman–Crippen MR) is 138 cm³/mol. The van der Waals surface area contributed by atoms with Crippen LogP contribution in [0.5, 0.6) is 5.88 Å². The Bertz CT molecular complexity index is 1310. The van der Waals surface area contributed by atoms with Crippen molar-refractivity contribution in [3.63, 3.8) is 0 Å². The number of ether oxygens (including phenoxy) is 2. The van der Waals surface area contributed by atoms with Crippen LogP contribution in [0.3, 0.4) is 0 Å². The van der Waals surface area contributed by atoms with Gasteiger partial charge in [-0.05, 0) is 62.0 Å². The molecule has 2 aromatic heterocycles. The molecule has 0 saturated heterocycles. The van der Waals surface area contributed by atoms with Gasteiger partial charge < -0.3 is 20.1 Å². The summed E-state index contributed by atoms with van der Waals surface area (Å²) in [6.07, 6.45) is 5.59. The van der Waals surface area contributed by atoms with Crippen molar-refractivity contribution in [3.8, 4) is 5.88 Å². The molecule has 206 valence electrons. The highest BCUT2D eigenvalue weighted by atomic mass is 19.1. The number of benzene rings is 1. The van der Waals surface area contributed by atoms with E-state index in [1.807, 2.05) is 30.3 Å². The molecule has 0 aliphatic heterocycles. The van der Waals surface area contributed by atoms with E-state index in [0.717, 1.165) is 37.4 Å². The number of anilines is 1. The molecule has 11 heteroatoms. The number of pyridine rings is 1. The summed E-state index contributed by atoms with van der Waals surface area (Å²) in [5, 5.41) is 9.26. The number of rotatable bonds is 11. The number of methoxy groups -OCH3 is 1. The Balaban J connectivity index is 1.32. The SMILES string of the molecule is COc1ncc(F)cc1[C@H](C)n1cc(NC(=O)[C@@H](NC(=O)OCc2ccccc2)C(C2CC2)C2CC2)c(F)n1. The van der Waals surface area contributed by atoms with Crippen molar-refractivity contribution in [2.24, 2.45) is 17.8 Å². The van der Waals surface area contributed by atoms with E-state index in [9.17, 15) is 18.4 Å². The zero-order valence-corrected chi connectivity index (χ0v) is 21.8. The summed E-state index contributed by atoms with van der Waals surface area (Å²) in [5.41, 5.74) is 1.04. The van der Waals surface area contributed by atoms with Crippen LogP contribution in [0.2, 0.25) is 0 Å². The van der Waals surface area contributed by atoms with Gasteiger partial charge >= 0.3 is 6.09 Å². The lowest BCUT2D eigenvalue weighted by molar-refractivity contribution is -0.119. The lowest BCUT2D eigenvalue weighted by Gasteiger charge is -2.27. The molecule has 9 nitrogen and oxygen atoms in total. The molecular weight excluding hydrogens is 508 g/mol. The number of halogens is 2. The van der Waals surface area contributed by atoms with E-state index in [2.05, 4.69) is 20.7 Å². The number of nitrogens with one attached hydrogen (secondary N) is 2. The van der Waals surface area contributed by atoms with Gasteiger partial charge in [0.25, 0.3) is 5.95 Å². The van der Waals surface area contributed by atoms with Crippen LogP contribution < -0.4 is 15.4 Å². The quantitative estimate of drug-likeness (QED) is 0.361. The van der Waals surface area contributed by atoms with Crippen LogP contribution in [0.1, 0.15) is 49.8 Å². The minimum atomic E-state index is -0.904. The van der Waals surface area contributed by atoms with Gasteiger partial charge in [-0.25, -0.2) is 14.2 Å². The summed E-state index contributed by atoms with van der Waals surface area (Å²) in [7, 11) is 1.40. The Morgan fingerprint density at radius 1 is 1.13 bits per heavy atom. The maximum absolute atomic E-state index is 14.9. The molecule has 2 amide bonds. The van der Waals surface area contributed by atoms with E-state index < -0.39 is 35.8 Å². The maximum Gasteiger partial charge on any atom is 0.408 e. The highest BCUT2D eigenvalue weighted by Gasteiger charge is 2.48. The first-order valence-electron chi connectivity index (χ1n) is 13.1. The summed E-state index contributed by atoms with van der Waals surface area (Å²) in [4.78, 5) is 30.2. The number of nitrogens with zero attached hydrogens (tertiary/aromatic N) is 3. The third kappa shape index (κ3) is 6.35. The summed E-state index contributed by atoms with van der Waals surface area (Å²) < 4.78 is 40.6. The van der Waals surface area contributed by atoms with E-state index in [1.54, 1.807) is 6.92 Å². The van der Waals surface area contributed by atoms with Crippen molar-refractivity contribution in [2.75, 3.05) is 12.4 Å². The zero-order chi connectivity index (χ0) is 27.5. The second kappa shape index (κ2) is 11.4. The van der Waals surface area contributed by atoms with Crippen molar-refractivity contribution >= 4 is 17.7 Å². The molecule has 2 aliphatic rings. The van der Waals surface area contributed by atoms with Crippen LogP contribution >= 0.6 is 0 Å². The number of hydrogen-bond acceptors (Lipinski definition) is 6. The Hall–Kier alpha value is -4.02. The molecule has 5 rings (SSSR count). The van der Waals surface area contributed by atoms with Crippen molar-refractivity contribution in [2.45, 2.75) is 51.3 Å². The van der Waals surface area contributed by atoms with Gasteiger partial charge in [-0.2, -0.15) is 4.39 Å². The molecule has 2 saturated carbocycles. The third-order valence-electron chi connectivity index (χ3n) is 7.32. The standard InChI is InChI=1S/C28H31F2N5O4/c1-16(21-12-20(29)13-31-27(21)38-2)35-14-22(25(30)34-35)32-26(36)24(23(18-8-9-18)19-10-11-19)33-28(37)39-15-17-6-4-3-5-7-17/h3-7,12-14,16,18-19,23-24H,8-11,15H2,1-2H3,(H,32,36)(H,33,37)/t16-,24-/m0/s1. The number of aromatic nitrogens is 3. The molecule has 3 aromatic rings. The maximum atomic E-state index is 14.9. The van der Waals surface area contributed by atoms with E-state index in [0.29, 0.717) is 17.4 Å². The van der Waals surface area contributed by atoms with Crippen molar-refractivity contribution in [1.82, 2.24) is 20.1 Å². The normalized spacial score (nSPS) is 16.4. The molecule has 2 aliphatic carbocycles. The molecule has 0 bridgehead atoms. The number of carbonyl (C=O) groups excluding carboxylic acids is 2. The van der Waals surface area contributed by atoms with Crippen LogP contribution in [0.25, 0.3) is 0 Å². The van der Waals surface area contributed by atoms with Gasteiger partial charge in [0.05, 0.1) is 25.5 Å². The van der Waals surface area contributed by atoms with Gasteiger partial charge in [0.1, 0.15) is 24.2 Å². The van der Waals surface area contributed by atoms with E-state index in [-0.39, 0.29) is 24.1 Å². The largest absolute Gasteiger partial charge is 0.481 e. The van der Waals surface area contributed by atoms with Crippen LogP contribution in [0, 0.1) is 29.5 Å². The Morgan fingerprint density at radius 3 is 2.46 bits per heavy atom. The van der Waals surface area contributed by atoms with Gasteiger partial charge in [0.15, 0.2) is 0 Å². The van der Waals surface area contributed by atoms with E-state index >= 15 is 0 Å². The Kier molecular flexibility index (Phi) is 7.76. The molecule has 0 spiro atoms. The zero-order valence-electron chi connectivity index (χ0n) is 21.8. The monoisotopic (exact) mass is 539 g/mol. The third-order valence-corrected chi connectivity index (χ3v) is 7.32. The van der Waals surface area contributed by atoms with Crippen molar-refractivity contribution < 1.29 is 27.8 Å². The molecule has 2 atom stereocenters. The number of amides is 2. The summed E-state index contributed by atoms with van der Waals surface area (Å²) in [5.74, 6) is -1.25. The first kappa shape index (κ1) is 26.6. The molecule has 0 radical (unpaired) electrons. The van der Waals surface area contributed by atoms with Crippen molar-refractivity contribution in [1.29, 1.82) is 0 Å². The molecular formula is C28H31F2N5O4. The molecule has 1 aromatic carbocycles. The first-order chi connectivity index (χ1) is 18.8. The van der Waals surface area contributed by atoms with Gasteiger partial charge in [-0.15, -0.1) is 5.10 Å². The second-order valence-corrected chi connectivity index (χ2v) is 10.2. The van der Waals surface area contributed by atoms with Crippen LogP contribution in [-0.2, 0) is 16.1 Å². The molecule has 0 unspecified atom stereocenters. The topological polar surface area (TPSA) is 107 Å². The smallest absolute Gasteiger partial charge is 0.408 e.